The molecule has 10 nitrogen and oxygen atoms in total. The molecule has 0 bridgehead atoms. The van der Waals surface area contributed by atoms with Crippen LogP contribution in [0.2, 0.25) is 0 Å². The van der Waals surface area contributed by atoms with Gasteiger partial charge in [-0.3, -0.25) is 14.2 Å². The van der Waals surface area contributed by atoms with Gasteiger partial charge in [0.05, 0.1) is 35.6 Å². The summed E-state index contributed by atoms with van der Waals surface area (Å²) in [6.45, 7) is 5.67. The number of aromatic nitrogens is 2. The average Bonchev–Trinajstić information content (AvgIpc) is 3.53. The molecule has 0 fully saturated rings. The van der Waals surface area contributed by atoms with Crippen LogP contribution in [0.4, 0.5) is 5.69 Å². The smallest absolute Gasteiger partial charge is 0.335 e. The van der Waals surface area contributed by atoms with E-state index in [0.717, 1.165) is 22.6 Å². The number of hydrogen-bond acceptors (Lipinski definition) is 7. The van der Waals surface area contributed by atoms with Gasteiger partial charge in [-0.25, -0.2) is 9.79 Å². The molecule has 0 spiro atoms. The van der Waals surface area contributed by atoms with Crippen molar-refractivity contribution >= 4 is 35.0 Å². The number of benzene rings is 3. The molecule has 11 heteroatoms. The second-order valence-corrected chi connectivity index (χ2v) is 12.0. The number of ether oxygens (including phenoxy) is 2. The van der Waals surface area contributed by atoms with Crippen LogP contribution >= 0.6 is 11.3 Å². The monoisotopic (exact) mass is 648 g/mol. The third-order valence-corrected chi connectivity index (χ3v) is 9.15. The second kappa shape index (κ2) is 12.6. The van der Waals surface area contributed by atoms with Crippen LogP contribution in [0.1, 0.15) is 45.8 Å². The van der Waals surface area contributed by atoms with E-state index >= 15 is 0 Å². The Morgan fingerprint density at radius 3 is 2.34 bits per heavy atom. The van der Waals surface area contributed by atoms with Crippen molar-refractivity contribution in [1.82, 2.24) is 9.13 Å². The molecule has 47 heavy (non-hydrogen) atoms. The number of amides is 1. The Morgan fingerprint density at radius 2 is 1.68 bits per heavy atom. The van der Waals surface area contributed by atoms with E-state index in [1.165, 1.54) is 18.4 Å². The van der Waals surface area contributed by atoms with Crippen molar-refractivity contribution in [2.24, 2.45) is 4.99 Å². The Labute approximate surface area is 274 Å². The molecule has 1 aliphatic rings. The van der Waals surface area contributed by atoms with E-state index in [1.807, 2.05) is 48.8 Å². The summed E-state index contributed by atoms with van der Waals surface area (Å²) in [5.74, 6) is -0.342. The molecule has 238 valence electrons. The van der Waals surface area contributed by atoms with Gasteiger partial charge in [0, 0.05) is 34.4 Å². The number of para-hydroxylation sites is 1. The first-order chi connectivity index (χ1) is 22.6. The normalized spacial score (nSPS) is 14.4. The third-order valence-electron chi connectivity index (χ3n) is 8.16. The lowest BCUT2D eigenvalue weighted by molar-refractivity contribution is -0.113. The summed E-state index contributed by atoms with van der Waals surface area (Å²) in [5, 5.41) is 12.3. The van der Waals surface area contributed by atoms with Crippen LogP contribution in [0.15, 0.2) is 99.9 Å². The molecular weight excluding hydrogens is 616 g/mol. The zero-order valence-electron chi connectivity index (χ0n) is 26.4. The summed E-state index contributed by atoms with van der Waals surface area (Å²) < 4.78 is 15.2. The average molecular weight is 649 g/mol. The Hall–Kier alpha value is -5.68. The molecule has 5 aromatic rings. The maximum Gasteiger partial charge on any atom is 0.335 e. The summed E-state index contributed by atoms with van der Waals surface area (Å²) in [6, 6.07) is 22.2. The Balaban J connectivity index is 1.50. The molecule has 1 atom stereocenters. The van der Waals surface area contributed by atoms with E-state index in [0.29, 0.717) is 43.4 Å². The molecule has 1 aliphatic heterocycles. The number of aromatic carboxylic acids is 1. The number of carboxylic acids is 1. The number of carboxylic acid groups (broad SMARTS) is 1. The van der Waals surface area contributed by atoms with Gasteiger partial charge in [-0.1, -0.05) is 29.5 Å². The number of fused-ring (bicyclic) bond motifs is 1. The second-order valence-electron chi connectivity index (χ2n) is 11.0. The summed E-state index contributed by atoms with van der Waals surface area (Å²) >= 11 is 1.24. The van der Waals surface area contributed by atoms with Gasteiger partial charge in [-0.15, -0.1) is 0 Å². The van der Waals surface area contributed by atoms with Crippen molar-refractivity contribution < 1.29 is 24.2 Å². The van der Waals surface area contributed by atoms with Crippen molar-refractivity contribution in [1.29, 1.82) is 0 Å². The fourth-order valence-electron chi connectivity index (χ4n) is 5.90. The van der Waals surface area contributed by atoms with E-state index < -0.39 is 12.0 Å². The van der Waals surface area contributed by atoms with E-state index in [1.54, 1.807) is 73.2 Å². The molecule has 0 saturated heterocycles. The fraction of sp³-hybridized carbons (Fsp3) is 0.167. The number of carbonyl (C=O) groups is 2. The minimum atomic E-state index is -0.991. The van der Waals surface area contributed by atoms with Crippen molar-refractivity contribution in [3.8, 4) is 17.2 Å². The number of hydrogen-bond donors (Lipinski definition) is 2. The number of aryl methyl sites for hydroxylation is 1. The first-order valence-corrected chi connectivity index (χ1v) is 15.6. The van der Waals surface area contributed by atoms with E-state index in [9.17, 15) is 19.5 Å². The SMILES string of the molecule is COc1ccc([C@H]2C(C(=O)Nc3ccccc3)=C(C)N=c3s/c(=C\c4cc(C)n(-c5ccc(C(=O)O)cc5)c4C)c(=O)n32)c(OC)c1. The van der Waals surface area contributed by atoms with Crippen molar-refractivity contribution in [3.05, 3.63) is 138 Å². The predicted octanol–water partition coefficient (Wildman–Crippen LogP) is 5.00. The first-order valence-electron chi connectivity index (χ1n) is 14.7. The number of rotatable bonds is 8. The van der Waals surface area contributed by atoms with Gasteiger partial charge in [0.2, 0.25) is 0 Å². The van der Waals surface area contributed by atoms with Gasteiger partial charge in [0.15, 0.2) is 4.80 Å². The summed E-state index contributed by atoms with van der Waals surface area (Å²) in [4.78, 5) is 44.8. The standard InChI is InChI=1S/C36H32N4O6S/c1-20-17-24(22(3)39(20)26-13-11-23(12-14-26)35(43)44)18-30-34(42)40-32(28-16-15-27(45-4)19-29(28)46-5)31(21(2)37-36(40)47-30)33(41)38-25-9-7-6-8-10-25/h6-19,32H,1-5H3,(H,38,41)(H,43,44)/b30-18-/t32-/m0/s1. The van der Waals surface area contributed by atoms with Gasteiger partial charge in [0.25, 0.3) is 11.5 Å². The van der Waals surface area contributed by atoms with Crippen LogP contribution in [0.3, 0.4) is 0 Å². The molecule has 6 rings (SSSR count). The van der Waals surface area contributed by atoms with Gasteiger partial charge in [-0.05, 0) is 87.0 Å². The van der Waals surface area contributed by atoms with Crippen LogP contribution in [0.5, 0.6) is 11.5 Å². The Morgan fingerprint density at radius 1 is 0.957 bits per heavy atom. The number of allylic oxidation sites excluding steroid dienone is 1. The fourth-order valence-corrected chi connectivity index (χ4v) is 6.93. The van der Waals surface area contributed by atoms with Gasteiger partial charge in [0.1, 0.15) is 17.5 Å². The van der Waals surface area contributed by atoms with E-state index in [2.05, 4.69) is 5.32 Å². The highest BCUT2D eigenvalue weighted by Crippen LogP contribution is 2.37. The van der Waals surface area contributed by atoms with Crippen molar-refractivity contribution in [3.63, 3.8) is 0 Å². The van der Waals surface area contributed by atoms with Crippen molar-refractivity contribution in [2.45, 2.75) is 26.8 Å². The lowest BCUT2D eigenvalue weighted by Crippen LogP contribution is -2.40. The molecule has 0 unspecified atom stereocenters. The molecule has 3 aromatic carbocycles. The summed E-state index contributed by atoms with van der Waals surface area (Å²) in [5.41, 5.74) is 5.35. The van der Waals surface area contributed by atoms with E-state index in [-0.39, 0.29) is 17.0 Å². The molecule has 1 amide bonds. The van der Waals surface area contributed by atoms with Crippen LogP contribution in [-0.4, -0.2) is 40.3 Å². The van der Waals surface area contributed by atoms with Crippen LogP contribution < -0.4 is 29.7 Å². The predicted molar refractivity (Wildman–Crippen MR) is 181 cm³/mol. The largest absolute Gasteiger partial charge is 0.497 e. The maximum atomic E-state index is 14.3. The van der Waals surface area contributed by atoms with Gasteiger partial charge < -0.3 is 24.5 Å². The molecule has 0 saturated carbocycles. The Bertz CT molecular complexity index is 2250. The molecule has 2 aromatic heterocycles. The highest BCUT2D eigenvalue weighted by atomic mass is 32.1. The molecule has 0 radical (unpaired) electrons. The Kier molecular flexibility index (Phi) is 8.40. The van der Waals surface area contributed by atoms with Crippen molar-refractivity contribution in [2.75, 3.05) is 19.5 Å². The first kappa shape index (κ1) is 31.3. The number of nitrogens with zero attached hydrogens (tertiary/aromatic N) is 3. The number of anilines is 1. The zero-order chi connectivity index (χ0) is 33.4. The lowest BCUT2D eigenvalue weighted by atomic mass is 9.94. The summed E-state index contributed by atoms with van der Waals surface area (Å²) in [7, 11) is 3.09. The van der Waals surface area contributed by atoms with Gasteiger partial charge in [-0.2, -0.15) is 0 Å². The van der Waals surface area contributed by atoms with Crippen LogP contribution in [-0.2, 0) is 4.79 Å². The zero-order valence-corrected chi connectivity index (χ0v) is 27.2. The van der Waals surface area contributed by atoms with E-state index in [4.69, 9.17) is 14.5 Å². The lowest BCUT2D eigenvalue weighted by Gasteiger charge is -2.26. The highest BCUT2D eigenvalue weighted by molar-refractivity contribution is 7.07. The number of nitrogens with one attached hydrogen (secondary N) is 1. The summed E-state index contributed by atoms with van der Waals surface area (Å²) in [6.07, 6.45) is 1.83. The number of methoxy groups -OCH3 is 2. The highest BCUT2D eigenvalue weighted by Gasteiger charge is 2.34. The topological polar surface area (TPSA) is 124 Å². The number of carbonyl (C=O) groups excluding carboxylic acids is 1. The van der Waals surface area contributed by atoms with Crippen LogP contribution in [0.25, 0.3) is 11.8 Å². The maximum absolute atomic E-state index is 14.3. The van der Waals surface area contributed by atoms with Gasteiger partial charge >= 0.3 is 5.97 Å². The molecule has 3 heterocycles. The minimum absolute atomic E-state index is 0.202. The minimum Gasteiger partial charge on any atom is -0.497 e. The van der Waals surface area contributed by atoms with Crippen LogP contribution in [0, 0.1) is 13.8 Å². The molecule has 0 aliphatic carbocycles. The third kappa shape index (κ3) is 5.77. The molecule has 2 N–H and O–H groups in total. The number of thiazole rings is 1. The quantitative estimate of drug-likeness (QED) is 0.244. The molecular formula is C36H32N4O6S.